The highest BCUT2D eigenvalue weighted by atomic mass is 16.5. The Bertz CT molecular complexity index is 396. The van der Waals surface area contributed by atoms with E-state index in [1.807, 2.05) is 39.0 Å². The van der Waals surface area contributed by atoms with Crippen molar-refractivity contribution in [3.8, 4) is 5.75 Å². The zero-order chi connectivity index (χ0) is 13.7. The molecule has 0 heterocycles. The maximum atomic E-state index is 11.4. The first kappa shape index (κ1) is 14.5. The molecule has 18 heavy (non-hydrogen) atoms. The first-order valence-electron chi connectivity index (χ1n) is 6.16. The van der Waals surface area contributed by atoms with E-state index in [0.717, 1.165) is 16.9 Å². The van der Waals surface area contributed by atoms with Crippen molar-refractivity contribution in [3.63, 3.8) is 0 Å². The molecule has 0 aromatic heterocycles. The van der Waals surface area contributed by atoms with E-state index in [2.05, 4.69) is 5.32 Å². The molecule has 4 nitrogen and oxygen atoms in total. The minimum Gasteiger partial charge on any atom is -0.491 e. The van der Waals surface area contributed by atoms with Gasteiger partial charge in [-0.3, -0.25) is 4.79 Å². The number of rotatable bonds is 5. The lowest BCUT2D eigenvalue weighted by molar-refractivity contribution is -0.122. The smallest absolute Gasteiger partial charge is 0.236 e. The lowest BCUT2D eigenvalue weighted by Gasteiger charge is -2.18. The summed E-state index contributed by atoms with van der Waals surface area (Å²) >= 11 is 0. The number of nitrogens with one attached hydrogen (secondary N) is 1. The van der Waals surface area contributed by atoms with E-state index in [1.54, 1.807) is 6.92 Å². The molecule has 0 aliphatic rings. The molecule has 0 spiro atoms. The van der Waals surface area contributed by atoms with Crippen molar-refractivity contribution < 1.29 is 9.53 Å². The molecule has 3 N–H and O–H groups in total. The molecule has 2 atom stereocenters. The normalized spacial score (nSPS) is 13.8. The SMILES string of the molecule is Cc1cccc(C)c1OCC(C)NC(=O)[C@H](C)N. The molecule has 1 amide bonds. The molecule has 0 radical (unpaired) electrons. The maximum Gasteiger partial charge on any atom is 0.236 e. The van der Waals surface area contributed by atoms with Crippen molar-refractivity contribution in [1.29, 1.82) is 0 Å². The fourth-order valence-electron chi connectivity index (χ4n) is 1.65. The van der Waals surface area contributed by atoms with Gasteiger partial charge in [-0.1, -0.05) is 18.2 Å². The van der Waals surface area contributed by atoms with Crippen molar-refractivity contribution in [2.24, 2.45) is 5.73 Å². The Morgan fingerprint density at radius 3 is 2.39 bits per heavy atom. The van der Waals surface area contributed by atoms with Gasteiger partial charge in [0.05, 0.1) is 12.1 Å². The Balaban J connectivity index is 2.53. The van der Waals surface area contributed by atoms with Crippen LogP contribution in [0.15, 0.2) is 18.2 Å². The molecule has 0 saturated carbocycles. The summed E-state index contributed by atoms with van der Waals surface area (Å²) in [6.45, 7) is 8.01. The largest absolute Gasteiger partial charge is 0.491 e. The number of benzene rings is 1. The molecular formula is C14H22N2O2. The van der Waals surface area contributed by atoms with Crippen LogP contribution >= 0.6 is 0 Å². The average molecular weight is 250 g/mol. The minimum absolute atomic E-state index is 0.0671. The van der Waals surface area contributed by atoms with E-state index in [0.29, 0.717) is 6.61 Å². The van der Waals surface area contributed by atoms with Gasteiger partial charge in [-0.05, 0) is 38.8 Å². The Morgan fingerprint density at radius 2 is 1.89 bits per heavy atom. The van der Waals surface area contributed by atoms with E-state index in [4.69, 9.17) is 10.5 Å². The standard InChI is InChI=1S/C14H22N2O2/c1-9-6-5-7-10(2)13(9)18-8-11(3)16-14(17)12(4)15/h5-7,11-12H,8,15H2,1-4H3,(H,16,17)/t11?,12-/m0/s1. The van der Waals surface area contributed by atoms with Crippen LogP contribution in [0.2, 0.25) is 0 Å². The lowest BCUT2D eigenvalue weighted by Crippen LogP contribution is -2.44. The molecule has 4 heteroatoms. The molecule has 1 unspecified atom stereocenters. The Hall–Kier alpha value is -1.55. The van der Waals surface area contributed by atoms with E-state index in [9.17, 15) is 4.79 Å². The number of ether oxygens (including phenoxy) is 1. The zero-order valence-corrected chi connectivity index (χ0v) is 11.5. The van der Waals surface area contributed by atoms with Gasteiger partial charge >= 0.3 is 0 Å². The third-order valence-electron chi connectivity index (χ3n) is 2.69. The van der Waals surface area contributed by atoms with Crippen molar-refractivity contribution in [3.05, 3.63) is 29.3 Å². The number of hydrogen-bond acceptors (Lipinski definition) is 3. The second-order valence-corrected chi connectivity index (χ2v) is 4.73. The second-order valence-electron chi connectivity index (χ2n) is 4.73. The minimum atomic E-state index is -0.493. The van der Waals surface area contributed by atoms with Crippen LogP contribution in [0.4, 0.5) is 0 Å². The van der Waals surface area contributed by atoms with Gasteiger partial charge in [0.2, 0.25) is 5.91 Å². The van der Waals surface area contributed by atoms with Gasteiger partial charge in [0.25, 0.3) is 0 Å². The number of hydrogen-bond donors (Lipinski definition) is 2. The molecule has 0 fully saturated rings. The van der Waals surface area contributed by atoms with Gasteiger partial charge in [0.15, 0.2) is 0 Å². The van der Waals surface area contributed by atoms with Crippen LogP contribution in [0.25, 0.3) is 0 Å². The van der Waals surface area contributed by atoms with Gasteiger partial charge in [-0.2, -0.15) is 0 Å². The molecule has 0 bridgehead atoms. The number of amides is 1. The van der Waals surface area contributed by atoms with Gasteiger partial charge in [-0.15, -0.1) is 0 Å². The molecular weight excluding hydrogens is 228 g/mol. The topological polar surface area (TPSA) is 64.3 Å². The van der Waals surface area contributed by atoms with Crippen LogP contribution in [0.3, 0.4) is 0 Å². The van der Waals surface area contributed by atoms with E-state index >= 15 is 0 Å². The van der Waals surface area contributed by atoms with Crippen LogP contribution in [0.1, 0.15) is 25.0 Å². The molecule has 1 rings (SSSR count). The molecule has 0 aliphatic carbocycles. The summed E-state index contributed by atoms with van der Waals surface area (Å²) in [6.07, 6.45) is 0. The van der Waals surface area contributed by atoms with Crippen molar-refractivity contribution >= 4 is 5.91 Å². The van der Waals surface area contributed by atoms with Crippen LogP contribution in [0.5, 0.6) is 5.75 Å². The fourth-order valence-corrected chi connectivity index (χ4v) is 1.65. The Labute approximate surface area is 109 Å². The second kappa shape index (κ2) is 6.40. The highest BCUT2D eigenvalue weighted by Crippen LogP contribution is 2.22. The van der Waals surface area contributed by atoms with Crippen molar-refractivity contribution in [2.75, 3.05) is 6.61 Å². The van der Waals surface area contributed by atoms with E-state index in [-0.39, 0.29) is 11.9 Å². The van der Waals surface area contributed by atoms with E-state index < -0.39 is 6.04 Å². The molecule has 0 saturated heterocycles. The predicted octanol–water partition coefficient (Wildman–Crippen LogP) is 1.53. The highest BCUT2D eigenvalue weighted by Gasteiger charge is 2.12. The third kappa shape index (κ3) is 4.04. The summed E-state index contributed by atoms with van der Waals surface area (Å²) in [5.41, 5.74) is 7.68. The maximum absolute atomic E-state index is 11.4. The van der Waals surface area contributed by atoms with Gasteiger partial charge < -0.3 is 15.8 Å². The molecule has 100 valence electrons. The Kier molecular flexibility index (Phi) is 5.16. The summed E-state index contributed by atoms with van der Waals surface area (Å²) < 4.78 is 5.75. The number of nitrogens with two attached hydrogens (primary N) is 1. The van der Waals surface area contributed by atoms with Crippen molar-refractivity contribution in [1.82, 2.24) is 5.32 Å². The van der Waals surface area contributed by atoms with Crippen LogP contribution in [-0.4, -0.2) is 24.6 Å². The highest BCUT2D eigenvalue weighted by molar-refractivity contribution is 5.81. The van der Waals surface area contributed by atoms with Crippen molar-refractivity contribution in [2.45, 2.75) is 39.8 Å². The fraction of sp³-hybridized carbons (Fsp3) is 0.500. The van der Waals surface area contributed by atoms with Gasteiger partial charge in [0, 0.05) is 0 Å². The van der Waals surface area contributed by atoms with Gasteiger partial charge in [-0.25, -0.2) is 0 Å². The zero-order valence-electron chi connectivity index (χ0n) is 11.5. The first-order chi connectivity index (χ1) is 8.41. The summed E-state index contributed by atoms with van der Waals surface area (Å²) in [4.78, 5) is 11.4. The quantitative estimate of drug-likeness (QED) is 0.833. The third-order valence-corrected chi connectivity index (χ3v) is 2.69. The average Bonchev–Trinajstić information content (AvgIpc) is 2.28. The van der Waals surface area contributed by atoms with Crippen LogP contribution < -0.4 is 15.8 Å². The molecule has 1 aromatic carbocycles. The number of carbonyl (C=O) groups excluding carboxylic acids is 1. The molecule has 0 aliphatic heterocycles. The number of para-hydroxylation sites is 1. The summed E-state index contributed by atoms with van der Waals surface area (Å²) in [5.74, 6) is 0.729. The summed E-state index contributed by atoms with van der Waals surface area (Å²) in [6, 6.07) is 5.45. The summed E-state index contributed by atoms with van der Waals surface area (Å²) in [7, 11) is 0. The first-order valence-corrected chi connectivity index (χ1v) is 6.16. The number of carbonyl (C=O) groups is 1. The van der Waals surface area contributed by atoms with E-state index in [1.165, 1.54) is 0 Å². The number of aryl methyl sites for hydroxylation is 2. The lowest BCUT2D eigenvalue weighted by atomic mass is 10.1. The predicted molar refractivity (Wildman–Crippen MR) is 72.7 cm³/mol. The monoisotopic (exact) mass is 250 g/mol. The summed E-state index contributed by atoms with van der Waals surface area (Å²) in [5, 5.41) is 2.80. The van der Waals surface area contributed by atoms with Gasteiger partial charge in [0.1, 0.15) is 12.4 Å². The van der Waals surface area contributed by atoms with Crippen LogP contribution in [-0.2, 0) is 4.79 Å². The van der Waals surface area contributed by atoms with Crippen LogP contribution in [0, 0.1) is 13.8 Å². The molecule has 1 aromatic rings. The Morgan fingerprint density at radius 1 is 1.33 bits per heavy atom.